The largest absolute Gasteiger partial charge is 0.399 e. The number of anilines is 1. The number of ketones is 1. The molecule has 164 valence electrons. The Labute approximate surface area is 182 Å². The van der Waals surface area contributed by atoms with Crippen LogP contribution in [0.3, 0.4) is 0 Å². The minimum Gasteiger partial charge on any atom is -0.399 e. The number of carbonyl (C=O) groups is 1. The molecule has 0 atom stereocenters. The van der Waals surface area contributed by atoms with Crippen LogP contribution in [0.1, 0.15) is 36.8 Å². The number of unbranched alkanes of at least 4 members (excludes halogenated alkanes) is 1. The lowest BCUT2D eigenvalue weighted by Gasteiger charge is -2.05. The van der Waals surface area contributed by atoms with E-state index in [1.807, 2.05) is 12.1 Å². The molecule has 2 aromatic carbocycles. The third-order valence-electron chi connectivity index (χ3n) is 5.39. The maximum Gasteiger partial charge on any atom is 0.180 e. The van der Waals surface area contributed by atoms with Gasteiger partial charge < -0.3 is 16.0 Å². The maximum atomic E-state index is 12.8. The average Bonchev–Trinajstić information content (AvgIpc) is 3.07. The van der Waals surface area contributed by atoms with Gasteiger partial charge in [0.2, 0.25) is 0 Å². The number of hydrogen-bond acceptors (Lipinski definition) is 5. The Morgan fingerprint density at radius 2 is 1.77 bits per heavy atom. The molecular weight excluding hydrogens is 412 g/mol. The Morgan fingerprint density at radius 3 is 2.45 bits per heavy atom. The third-order valence-corrected chi connectivity index (χ3v) is 7.21. The van der Waals surface area contributed by atoms with Gasteiger partial charge in [-0.15, -0.1) is 0 Å². The summed E-state index contributed by atoms with van der Waals surface area (Å²) in [6, 6.07) is 12.5. The predicted molar refractivity (Wildman–Crippen MR) is 124 cm³/mol. The van der Waals surface area contributed by atoms with Crippen LogP contribution in [-0.2, 0) is 28.1 Å². The SMILES string of the molecule is Cn1cc(S(=O)(=O)CCCCC(=O)CCc2ccc(C(=N)N)cc2)c2ccc(N)cc21. The average molecular weight is 441 g/mol. The first kappa shape index (κ1) is 22.6. The van der Waals surface area contributed by atoms with Gasteiger partial charge in [-0.2, -0.15) is 0 Å². The molecule has 0 radical (unpaired) electrons. The van der Waals surface area contributed by atoms with Gasteiger partial charge in [0.25, 0.3) is 0 Å². The molecule has 0 aliphatic heterocycles. The third kappa shape index (κ3) is 5.52. The van der Waals surface area contributed by atoms with Gasteiger partial charge in [-0.1, -0.05) is 24.3 Å². The minimum atomic E-state index is -3.44. The van der Waals surface area contributed by atoms with E-state index in [0.717, 1.165) is 11.1 Å². The summed E-state index contributed by atoms with van der Waals surface area (Å²) in [5.41, 5.74) is 14.3. The standard InChI is InChI=1S/C23H28N4O3S/c1-27-15-22(20-12-10-18(24)14-21(20)27)31(29,30)13-3-2-4-19(28)11-7-16-5-8-17(9-6-16)23(25)26/h5-6,8-10,12,14-15H,2-4,7,11,13,24H2,1H3,(H3,25,26). The van der Waals surface area contributed by atoms with E-state index in [1.165, 1.54) is 0 Å². The van der Waals surface area contributed by atoms with Crippen molar-refractivity contribution in [3.8, 4) is 0 Å². The second-order valence-corrected chi connectivity index (χ2v) is 9.88. The van der Waals surface area contributed by atoms with Crippen LogP contribution in [0.25, 0.3) is 10.9 Å². The molecular formula is C23H28N4O3S. The van der Waals surface area contributed by atoms with Crippen molar-refractivity contribution in [3.05, 3.63) is 59.8 Å². The number of fused-ring (bicyclic) bond motifs is 1. The second kappa shape index (κ2) is 9.34. The predicted octanol–water partition coefficient (Wildman–Crippen LogP) is 3.19. The lowest BCUT2D eigenvalue weighted by molar-refractivity contribution is -0.119. The zero-order valence-corrected chi connectivity index (χ0v) is 18.4. The number of aromatic nitrogens is 1. The van der Waals surface area contributed by atoms with Crippen molar-refractivity contribution in [3.63, 3.8) is 0 Å². The summed E-state index contributed by atoms with van der Waals surface area (Å²) in [6.45, 7) is 0. The van der Waals surface area contributed by atoms with E-state index in [4.69, 9.17) is 16.9 Å². The van der Waals surface area contributed by atoms with Crippen molar-refractivity contribution in [1.29, 1.82) is 5.41 Å². The molecule has 0 saturated heterocycles. The van der Waals surface area contributed by atoms with Crippen molar-refractivity contribution in [2.75, 3.05) is 11.5 Å². The summed E-state index contributed by atoms with van der Waals surface area (Å²) in [5, 5.41) is 8.06. The number of nitrogen functional groups attached to an aromatic ring is 2. The first-order valence-electron chi connectivity index (χ1n) is 10.2. The highest BCUT2D eigenvalue weighted by Gasteiger charge is 2.20. The fourth-order valence-corrected chi connectivity index (χ4v) is 5.23. The van der Waals surface area contributed by atoms with Crippen molar-refractivity contribution in [2.24, 2.45) is 12.8 Å². The lowest BCUT2D eigenvalue weighted by Crippen LogP contribution is -2.10. The van der Waals surface area contributed by atoms with Crippen LogP contribution in [0.5, 0.6) is 0 Å². The topological polar surface area (TPSA) is 132 Å². The number of benzene rings is 2. The molecule has 1 aromatic heterocycles. The molecule has 0 aliphatic carbocycles. The number of nitrogens with one attached hydrogen (secondary N) is 1. The van der Waals surface area contributed by atoms with Gasteiger partial charge in [0.1, 0.15) is 11.6 Å². The fraction of sp³-hybridized carbons (Fsp3) is 0.304. The Balaban J connectivity index is 1.49. The maximum absolute atomic E-state index is 12.8. The number of hydrogen-bond donors (Lipinski definition) is 3. The molecule has 7 nitrogen and oxygen atoms in total. The molecule has 1 heterocycles. The summed E-state index contributed by atoms with van der Waals surface area (Å²) in [4.78, 5) is 12.5. The van der Waals surface area contributed by atoms with Gasteiger partial charge in [-0.3, -0.25) is 10.2 Å². The van der Waals surface area contributed by atoms with Gasteiger partial charge in [0.15, 0.2) is 9.84 Å². The van der Waals surface area contributed by atoms with Gasteiger partial charge in [0, 0.05) is 42.7 Å². The number of rotatable bonds is 10. The van der Waals surface area contributed by atoms with Crippen LogP contribution >= 0.6 is 0 Å². The molecule has 0 aliphatic rings. The van der Waals surface area contributed by atoms with E-state index in [2.05, 4.69) is 0 Å². The molecule has 5 N–H and O–H groups in total. The quantitative estimate of drug-likeness (QED) is 0.193. The highest BCUT2D eigenvalue weighted by atomic mass is 32.2. The van der Waals surface area contributed by atoms with Crippen molar-refractivity contribution in [1.82, 2.24) is 4.57 Å². The van der Waals surface area contributed by atoms with E-state index >= 15 is 0 Å². The summed E-state index contributed by atoms with van der Waals surface area (Å²) >= 11 is 0. The second-order valence-electron chi connectivity index (χ2n) is 7.81. The summed E-state index contributed by atoms with van der Waals surface area (Å²) < 4.78 is 27.4. The Hall–Kier alpha value is -3.13. The van der Waals surface area contributed by atoms with Crippen LogP contribution in [0.15, 0.2) is 53.6 Å². The molecule has 3 rings (SSSR count). The summed E-state index contributed by atoms with van der Waals surface area (Å²) in [6.07, 6.45) is 4.01. The molecule has 0 amide bonds. The van der Waals surface area contributed by atoms with E-state index in [-0.39, 0.29) is 17.4 Å². The monoisotopic (exact) mass is 440 g/mol. The molecule has 0 spiro atoms. The minimum absolute atomic E-state index is 0.0102. The highest BCUT2D eigenvalue weighted by Crippen LogP contribution is 2.27. The number of nitrogens with two attached hydrogens (primary N) is 2. The Bertz CT molecular complexity index is 1210. The summed E-state index contributed by atoms with van der Waals surface area (Å²) in [5.74, 6) is 0.148. The first-order valence-corrected chi connectivity index (χ1v) is 11.8. The van der Waals surface area contributed by atoms with Crippen molar-refractivity contribution < 1.29 is 13.2 Å². The number of aryl methyl sites for hydroxylation is 2. The van der Waals surface area contributed by atoms with Crippen LogP contribution in [0, 0.1) is 5.41 Å². The van der Waals surface area contributed by atoms with Gasteiger partial charge in [0.05, 0.1) is 16.2 Å². The molecule has 0 bridgehead atoms. The van der Waals surface area contributed by atoms with Gasteiger partial charge in [-0.25, -0.2) is 8.42 Å². The van der Waals surface area contributed by atoms with E-state index in [0.29, 0.717) is 53.6 Å². The van der Waals surface area contributed by atoms with Crippen molar-refractivity contribution in [2.45, 2.75) is 37.0 Å². The molecule has 31 heavy (non-hydrogen) atoms. The first-order chi connectivity index (χ1) is 14.7. The van der Waals surface area contributed by atoms with E-state index in [1.54, 1.807) is 48.1 Å². The zero-order valence-electron chi connectivity index (χ0n) is 17.6. The molecule has 0 unspecified atom stereocenters. The van der Waals surface area contributed by atoms with Crippen molar-refractivity contribution >= 4 is 38.0 Å². The number of Topliss-reactive ketones (excluding diaryl/α,β-unsaturated/α-hetero) is 1. The Morgan fingerprint density at radius 1 is 1.06 bits per heavy atom. The van der Waals surface area contributed by atoms with Crippen LogP contribution in [-0.4, -0.2) is 30.4 Å². The highest BCUT2D eigenvalue weighted by molar-refractivity contribution is 7.91. The van der Waals surface area contributed by atoms with Gasteiger partial charge >= 0.3 is 0 Å². The number of carbonyl (C=O) groups excluding carboxylic acids is 1. The summed E-state index contributed by atoms with van der Waals surface area (Å²) in [7, 11) is -1.65. The normalized spacial score (nSPS) is 11.6. The Kier molecular flexibility index (Phi) is 6.80. The van der Waals surface area contributed by atoms with E-state index in [9.17, 15) is 13.2 Å². The molecule has 8 heteroatoms. The number of nitrogens with zero attached hydrogens (tertiary/aromatic N) is 1. The fourth-order valence-electron chi connectivity index (χ4n) is 3.60. The zero-order chi connectivity index (χ0) is 22.6. The lowest BCUT2D eigenvalue weighted by atomic mass is 10.0. The smallest absolute Gasteiger partial charge is 0.180 e. The number of amidine groups is 1. The van der Waals surface area contributed by atoms with E-state index < -0.39 is 9.84 Å². The molecule has 0 saturated carbocycles. The van der Waals surface area contributed by atoms with Crippen LogP contribution in [0.2, 0.25) is 0 Å². The van der Waals surface area contributed by atoms with Gasteiger partial charge in [-0.05, 0) is 43.0 Å². The van der Waals surface area contributed by atoms with Crippen LogP contribution < -0.4 is 11.5 Å². The van der Waals surface area contributed by atoms with Crippen LogP contribution in [0.4, 0.5) is 5.69 Å². The number of sulfone groups is 1. The molecule has 0 fully saturated rings. The molecule has 3 aromatic rings.